The summed E-state index contributed by atoms with van der Waals surface area (Å²) in [5.41, 5.74) is 4.74. The lowest BCUT2D eigenvalue weighted by Crippen LogP contribution is -2.15. The minimum absolute atomic E-state index is 0.415. The number of amides is 1. The molecule has 10 heavy (non-hydrogen) atoms. The second kappa shape index (κ2) is 5.41. The highest BCUT2D eigenvalue weighted by molar-refractivity contribution is 7.99. The van der Waals surface area contributed by atoms with Gasteiger partial charge in [-0.2, -0.15) is 11.8 Å². The molecule has 0 spiro atoms. The second-order valence-electron chi connectivity index (χ2n) is 2.09. The number of hydrogen-bond acceptors (Lipinski definition) is 3. The fourth-order valence-corrected chi connectivity index (χ4v) is 1.08. The van der Waals surface area contributed by atoms with Crippen molar-refractivity contribution in [3.8, 4) is 0 Å². The largest absolute Gasteiger partial charge is 0.449 e. The van der Waals surface area contributed by atoms with E-state index in [1.807, 2.05) is 0 Å². The molecule has 4 heteroatoms. The Labute approximate surface area is 65.3 Å². The van der Waals surface area contributed by atoms with Gasteiger partial charge in [0.2, 0.25) is 0 Å². The first-order valence-corrected chi connectivity index (χ1v) is 4.21. The summed E-state index contributed by atoms with van der Waals surface area (Å²) in [5.74, 6) is 0.820. The van der Waals surface area contributed by atoms with Gasteiger partial charge in [0.15, 0.2) is 0 Å². The quantitative estimate of drug-likeness (QED) is 0.634. The minimum Gasteiger partial charge on any atom is -0.449 e. The van der Waals surface area contributed by atoms with E-state index >= 15 is 0 Å². The smallest absolute Gasteiger partial charge is 0.404 e. The Kier molecular flexibility index (Phi) is 5.20. The van der Waals surface area contributed by atoms with E-state index in [2.05, 4.69) is 18.6 Å². The maximum atomic E-state index is 10.0. The van der Waals surface area contributed by atoms with Crippen LogP contribution in [0.25, 0.3) is 0 Å². The van der Waals surface area contributed by atoms with Crippen LogP contribution >= 0.6 is 11.8 Å². The van der Waals surface area contributed by atoms with Crippen molar-refractivity contribution < 1.29 is 9.53 Å². The zero-order chi connectivity index (χ0) is 7.98. The number of carbonyl (C=O) groups excluding carboxylic acids is 1. The zero-order valence-corrected chi connectivity index (χ0v) is 7.11. The number of hydrogen-bond donors (Lipinski definition) is 1. The first-order chi connectivity index (χ1) is 4.63. The third-order valence-electron chi connectivity index (χ3n) is 0.779. The van der Waals surface area contributed by atoms with E-state index in [4.69, 9.17) is 5.73 Å². The molecule has 0 atom stereocenters. The van der Waals surface area contributed by atoms with Crippen LogP contribution < -0.4 is 5.73 Å². The second-order valence-corrected chi connectivity index (χ2v) is 3.77. The Balaban J connectivity index is 2.98. The van der Waals surface area contributed by atoms with Gasteiger partial charge in [-0.05, 0) is 5.25 Å². The number of nitrogens with two attached hydrogens (primary N) is 1. The van der Waals surface area contributed by atoms with Gasteiger partial charge in [0.1, 0.15) is 6.61 Å². The van der Waals surface area contributed by atoms with Crippen molar-refractivity contribution in [2.75, 3.05) is 12.4 Å². The average Bonchev–Trinajstić information content (AvgIpc) is 1.79. The topological polar surface area (TPSA) is 52.3 Å². The Hall–Kier alpha value is -0.380. The number of ether oxygens (including phenoxy) is 1. The lowest BCUT2D eigenvalue weighted by atomic mass is 10.6. The van der Waals surface area contributed by atoms with Crippen LogP contribution in [0.15, 0.2) is 0 Å². The van der Waals surface area contributed by atoms with Crippen LogP contribution in [0.5, 0.6) is 0 Å². The van der Waals surface area contributed by atoms with Crippen molar-refractivity contribution in [2.45, 2.75) is 19.1 Å². The highest BCUT2D eigenvalue weighted by Crippen LogP contribution is 2.07. The molecule has 3 nitrogen and oxygen atoms in total. The van der Waals surface area contributed by atoms with E-state index in [9.17, 15) is 4.79 Å². The van der Waals surface area contributed by atoms with Crippen molar-refractivity contribution in [2.24, 2.45) is 5.73 Å². The molecular weight excluding hydrogens is 150 g/mol. The molecule has 0 unspecified atom stereocenters. The van der Waals surface area contributed by atoms with Crippen molar-refractivity contribution in [3.05, 3.63) is 0 Å². The molecule has 0 saturated heterocycles. The molecule has 0 bridgehead atoms. The average molecular weight is 163 g/mol. The zero-order valence-electron chi connectivity index (χ0n) is 6.29. The van der Waals surface area contributed by atoms with Gasteiger partial charge < -0.3 is 10.5 Å². The SMILES string of the molecule is CC(C)SCCOC(N)=O. The van der Waals surface area contributed by atoms with Crippen LogP contribution in [0.3, 0.4) is 0 Å². The van der Waals surface area contributed by atoms with Crippen LogP contribution in [0.4, 0.5) is 4.79 Å². The van der Waals surface area contributed by atoms with Crippen molar-refractivity contribution >= 4 is 17.9 Å². The van der Waals surface area contributed by atoms with E-state index in [0.29, 0.717) is 11.9 Å². The van der Waals surface area contributed by atoms with Gasteiger partial charge in [-0.1, -0.05) is 13.8 Å². The van der Waals surface area contributed by atoms with Crippen LogP contribution in [0.2, 0.25) is 0 Å². The standard InChI is InChI=1S/C6H13NO2S/c1-5(2)10-4-3-9-6(7)8/h5H,3-4H2,1-2H3,(H2,7,8). The summed E-state index contributed by atoms with van der Waals surface area (Å²) in [7, 11) is 0. The molecule has 0 aromatic rings. The van der Waals surface area contributed by atoms with Crippen LogP contribution in [-0.2, 0) is 4.74 Å². The monoisotopic (exact) mass is 163 g/mol. The molecule has 0 aliphatic carbocycles. The van der Waals surface area contributed by atoms with Crippen LogP contribution in [-0.4, -0.2) is 23.7 Å². The van der Waals surface area contributed by atoms with Gasteiger partial charge in [0, 0.05) is 5.75 Å². The summed E-state index contributed by atoms with van der Waals surface area (Å²) in [6, 6.07) is 0. The maximum Gasteiger partial charge on any atom is 0.404 e. The predicted octanol–water partition coefficient (Wildman–Crippen LogP) is 1.22. The number of primary amides is 1. The van der Waals surface area contributed by atoms with Gasteiger partial charge in [-0.15, -0.1) is 0 Å². The number of thioether (sulfide) groups is 1. The summed E-state index contributed by atoms with van der Waals surface area (Å²) in [6.45, 7) is 4.60. The molecule has 60 valence electrons. The Morgan fingerprint density at radius 3 is 2.70 bits per heavy atom. The van der Waals surface area contributed by atoms with Crippen LogP contribution in [0, 0.1) is 0 Å². The molecule has 0 aromatic carbocycles. The highest BCUT2D eigenvalue weighted by Gasteiger charge is 1.95. The molecule has 0 radical (unpaired) electrons. The maximum absolute atomic E-state index is 10.0. The molecule has 0 aromatic heterocycles. The highest BCUT2D eigenvalue weighted by atomic mass is 32.2. The summed E-state index contributed by atoms with van der Waals surface area (Å²) in [5, 5.41) is 0.580. The predicted molar refractivity (Wildman–Crippen MR) is 43.1 cm³/mol. The number of rotatable bonds is 4. The molecule has 1 amide bonds. The van der Waals surface area contributed by atoms with Gasteiger partial charge in [0.05, 0.1) is 0 Å². The molecule has 0 rings (SSSR count). The fraction of sp³-hybridized carbons (Fsp3) is 0.833. The van der Waals surface area contributed by atoms with E-state index < -0.39 is 6.09 Å². The molecule has 0 fully saturated rings. The third-order valence-corrected chi connectivity index (χ3v) is 1.85. The molecule has 0 saturated carbocycles. The van der Waals surface area contributed by atoms with Crippen molar-refractivity contribution in [1.29, 1.82) is 0 Å². The Morgan fingerprint density at radius 2 is 2.30 bits per heavy atom. The van der Waals surface area contributed by atoms with E-state index in [0.717, 1.165) is 5.75 Å². The molecule has 0 aliphatic rings. The lowest BCUT2D eigenvalue weighted by molar-refractivity contribution is 0.164. The van der Waals surface area contributed by atoms with E-state index in [-0.39, 0.29) is 0 Å². The minimum atomic E-state index is -0.690. The van der Waals surface area contributed by atoms with Crippen molar-refractivity contribution in [3.63, 3.8) is 0 Å². The first-order valence-electron chi connectivity index (χ1n) is 3.16. The van der Waals surface area contributed by atoms with Crippen LogP contribution in [0.1, 0.15) is 13.8 Å². The van der Waals surface area contributed by atoms with Crippen molar-refractivity contribution in [1.82, 2.24) is 0 Å². The summed E-state index contributed by atoms with van der Waals surface area (Å²) >= 11 is 1.74. The van der Waals surface area contributed by atoms with Gasteiger partial charge in [-0.25, -0.2) is 4.79 Å². The van der Waals surface area contributed by atoms with Gasteiger partial charge in [-0.3, -0.25) is 0 Å². The molecular formula is C6H13NO2S. The first kappa shape index (κ1) is 9.62. The fourth-order valence-electron chi connectivity index (χ4n) is 0.426. The van der Waals surface area contributed by atoms with E-state index in [1.54, 1.807) is 11.8 Å². The summed E-state index contributed by atoms with van der Waals surface area (Å²) < 4.78 is 4.51. The summed E-state index contributed by atoms with van der Waals surface area (Å²) in [6.07, 6.45) is -0.690. The normalized spacial score (nSPS) is 9.90. The summed E-state index contributed by atoms with van der Waals surface area (Å²) in [4.78, 5) is 10.0. The molecule has 2 N–H and O–H groups in total. The molecule has 0 aliphatic heterocycles. The third kappa shape index (κ3) is 7.62. The molecule has 0 heterocycles. The Morgan fingerprint density at radius 1 is 1.70 bits per heavy atom. The van der Waals surface area contributed by atoms with E-state index in [1.165, 1.54) is 0 Å². The van der Waals surface area contributed by atoms with Gasteiger partial charge in [0.25, 0.3) is 0 Å². The van der Waals surface area contributed by atoms with Gasteiger partial charge >= 0.3 is 6.09 Å². The number of carbonyl (C=O) groups is 1. The Bertz CT molecular complexity index is 106. The lowest BCUT2D eigenvalue weighted by Gasteiger charge is -2.03.